The summed E-state index contributed by atoms with van der Waals surface area (Å²) in [6.07, 6.45) is 2.23. The first-order chi connectivity index (χ1) is 10.2. The predicted octanol–water partition coefficient (Wildman–Crippen LogP) is 0.534. The Morgan fingerprint density at radius 1 is 1.48 bits per heavy atom. The average molecular weight is 289 g/mol. The van der Waals surface area contributed by atoms with E-state index in [1.54, 1.807) is 16.9 Å². The third kappa shape index (κ3) is 3.25. The van der Waals surface area contributed by atoms with Gasteiger partial charge in [0.1, 0.15) is 5.82 Å². The number of nitrogens with zero attached hydrogens (tertiary/aromatic N) is 3. The van der Waals surface area contributed by atoms with Crippen LogP contribution in [0.1, 0.15) is 22.1 Å². The van der Waals surface area contributed by atoms with Crippen LogP contribution in [-0.4, -0.2) is 40.5 Å². The maximum atomic E-state index is 13.0. The molecule has 0 bridgehead atoms. The van der Waals surface area contributed by atoms with Crippen molar-refractivity contribution in [1.29, 1.82) is 0 Å². The lowest BCUT2D eigenvalue weighted by Crippen LogP contribution is -2.43. The second-order valence-electron chi connectivity index (χ2n) is 5.03. The SMILES string of the molecule is O=C(NCCc1cccc(F)c1)c1cn(C2CNC2)nn1. The zero-order valence-electron chi connectivity index (χ0n) is 11.4. The molecule has 1 aliphatic heterocycles. The number of halogens is 1. The summed E-state index contributed by atoms with van der Waals surface area (Å²) in [5.74, 6) is -0.527. The van der Waals surface area contributed by atoms with Crippen LogP contribution in [0.5, 0.6) is 0 Å². The number of amides is 1. The van der Waals surface area contributed by atoms with E-state index >= 15 is 0 Å². The normalized spacial score (nSPS) is 14.7. The molecule has 1 aliphatic rings. The highest BCUT2D eigenvalue weighted by Gasteiger charge is 2.21. The first-order valence-corrected chi connectivity index (χ1v) is 6.87. The molecular formula is C14H16FN5O. The number of aromatic nitrogens is 3. The zero-order valence-corrected chi connectivity index (χ0v) is 11.4. The predicted molar refractivity (Wildman–Crippen MR) is 74.4 cm³/mol. The van der Waals surface area contributed by atoms with Crippen molar-refractivity contribution in [2.45, 2.75) is 12.5 Å². The van der Waals surface area contributed by atoms with Gasteiger partial charge < -0.3 is 10.6 Å². The van der Waals surface area contributed by atoms with Crippen LogP contribution >= 0.6 is 0 Å². The quantitative estimate of drug-likeness (QED) is 0.842. The Kier molecular flexibility index (Phi) is 3.92. The summed E-state index contributed by atoms with van der Waals surface area (Å²) in [5, 5.41) is 13.7. The van der Waals surface area contributed by atoms with Crippen LogP contribution in [0, 0.1) is 5.82 Å². The second kappa shape index (κ2) is 6.01. The number of carbonyl (C=O) groups is 1. The summed E-state index contributed by atoms with van der Waals surface area (Å²) in [4.78, 5) is 11.9. The first kappa shape index (κ1) is 13.7. The summed E-state index contributed by atoms with van der Waals surface area (Å²) in [6, 6.07) is 6.63. The van der Waals surface area contributed by atoms with Gasteiger partial charge >= 0.3 is 0 Å². The lowest BCUT2D eigenvalue weighted by Gasteiger charge is -2.26. The first-order valence-electron chi connectivity index (χ1n) is 6.87. The van der Waals surface area contributed by atoms with Crippen molar-refractivity contribution in [3.8, 4) is 0 Å². The molecule has 0 saturated carbocycles. The number of nitrogens with one attached hydrogen (secondary N) is 2. The van der Waals surface area contributed by atoms with Gasteiger partial charge in [-0.2, -0.15) is 0 Å². The van der Waals surface area contributed by atoms with E-state index in [4.69, 9.17) is 0 Å². The largest absolute Gasteiger partial charge is 0.350 e. The Labute approximate surface area is 121 Å². The van der Waals surface area contributed by atoms with E-state index in [1.807, 2.05) is 6.07 Å². The third-order valence-electron chi connectivity index (χ3n) is 3.47. The van der Waals surface area contributed by atoms with E-state index in [1.165, 1.54) is 12.1 Å². The molecule has 6 nitrogen and oxygen atoms in total. The molecule has 0 aliphatic carbocycles. The van der Waals surface area contributed by atoms with Gasteiger partial charge in [-0.25, -0.2) is 9.07 Å². The molecule has 0 radical (unpaired) electrons. The van der Waals surface area contributed by atoms with Crippen LogP contribution in [0.25, 0.3) is 0 Å². The molecule has 2 aromatic rings. The minimum Gasteiger partial charge on any atom is -0.350 e. The fourth-order valence-electron chi connectivity index (χ4n) is 2.12. The summed E-state index contributed by atoms with van der Waals surface area (Å²) in [7, 11) is 0. The van der Waals surface area contributed by atoms with Gasteiger partial charge in [-0.1, -0.05) is 17.3 Å². The van der Waals surface area contributed by atoms with E-state index < -0.39 is 0 Å². The highest BCUT2D eigenvalue weighted by Crippen LogP contribution is 2.09. The number of benzene rings is 1. The number of hydrogen-bond donors (Lipinski definition) is 2. The zero-order chi connectivity index (χ0) is 14.7. The van der Waals surface area contributed by atoms with Crippen LogP contribution in [0.3, 0.4) is 0 Å². The Morgan fingerprint density at radius 3 is 3.05 bits per heavy atom. The van der Waals surface area contributed by atoms with Crippen LogP contribution in [-0.2, 0) is 6.42 Å². The lowest BCUT2D eigenvalue weighted by molar-refractivity contribution is 0.0949. The summed E-state index contributed by atoms with van der Waals surface area (Å²) in [6.45, 7) is 2.13. The third-order valence-corrected chi connectivity index (χ3v) is 3.47. The Balaban J connectivity index is 1.50. The van der Waals surface area contributed by atoms with E-state index in [0.717, 1.165) is 18.7 Å². The molecule has 0 spiro atoms. The smallest absolute Gasteiger partial charge is 0.273 e. The van der Waals surface area contributed by atoms with Gasteiger partial charge in [0.25, 0.3) is 5.91 Å². The van der Waals surface area contributed by atoms with Gasteiger partial charge in [0.15, 0.2) is 5.69 Å². The van der Waals surface area contributed by atoms with Crippen molar-refractivity contribution >= 4 is 5.91 Å². The molecule has 7 heteroatoms. The van der Waals surface area contributed by atoms with Crippen molar-refractivity contribution in [3.05, 3.63) is 47.5 Å². The van der Waals surface area contributed by atoms with Gasteiger partial charge in [-0.15, -0.1) is 5.10 Å². The van der Waals surface area contributed by atoms with Gasteiger partial charge in [-0.05, 0) is 24.1 Å². The van der Waals surface area contributed by atoms with Crippen molar-refractivity contribution in [3.63, 3.8) is 0 Å². The topological polar surface area (TPSA) is 71.8 Å². The molecule has 1 saturated heterocycles. The molecule has 1 amide bonds. The summed E-state index contributed by atoms with van der Waals surface area (Å²) >= 11 is 0. The molecule has 1 fully saturated rings. The molecule has 0 atom stereocenters. The maximum Gasteiger partial charge on any atom is 0.273 e. The minimum atomic E-state index is -0.268. The highest BCUT2D eigenvalue weighted by atomic mass is 19.1. The Hall–Kier alpha value is -2.28. The van der Waals surface area contributed by atoms with Crippen LogP contribution in [0.2, 0.25) is 0 Å². The van der Waals surface area contributed by atoms with Crippen LogP contribution in [0.15, 0.2) is 30.5 Å². The molecule has 21 heavy (non-hydrogen) atoms. The molecule has 1 aromatic heterocycles. The lowest BCUT2D eigenvalue weighted by atomic mass is 10.1. The van der Waals surface area contributed by atoms with Crippen molar-refractivity contribution in [1.82, 2.24) is 25.6 Å². The van der Waals surface area contributed by atoms with Crippen LogP contribution < -0.4 is 10.6 Å². The number of rotatable bonds is 5. The van der Waals surface area contributed by atoms with Gasteiger partial charge in [0, 0.05) is 19.6 Å². The van der Waals surface area contributed by atoms with Crippen LogP contribution in [0.4, 0.5) is 4.39 Å². The molecular weight excluding hydrogens is 273 g/mol. The van der Waals surface area contributed by atoms with Gasteiger partial charge in [0.2, 0.25) is 0 Å². The molecule has 2 N–H and O–H groups in total. The Bertz CT molecular complexity index is 638. The van der Waals surface area contributed by atoms with Crippen molar-refractivity contribution in [2.24, 2.45) is 0 Å². The van der Waals surface area contributed by atoms with Gasteiger partial charge in [0.05, 0.1) is 12.2 Å². The monoisotopic (exact) mass is 289 g/mol. The Morgan fingerprint density at radius 2 is 2.33 bits per heavy atom. The molecule has 2 heterocycles. The molecule has 1 aromatic carbocycles. The fraction of sp³-hybridized carbons (Fsp3) is 0.357. The van der Waals surface area contributed by atoms with E-state index in [9.17, 15) is 9.18 Å². The maximum absolute atomic E-state index is 13.0. The molecule has 0 unspecified atom stereocenters. The van der Waals surface area contributed by atoms with Crippen molar-refractivity contribution < 1.29 is 9.18 Å². The summed E-state index contributed by atoms with van der Waals surface area (Å²) in [5.41, 5.74) is 1.15. The minimum absolute atomic E-state index is 0.259. The van der Waals surface area contributed by atoms with Gasteiger partial charge in [-0.3, -0.25) is 4.79 Å². The number of carbonyl (C=O) groups excluding carboxylic acids is 1. The highest BCUT2D eigenvalue weighted by molar-refractivity contribution is 5.91. The summed E-state index contributed by atoms with van der Waals surface area (Å²) < 4.78 is 14.7. The standard InChI is InChI=1S/C14H16FN5O/c15-11-3-1-2-10(6-11)4-5-17-14(21)13-9-20(19-18-13)12-7-16-8-12/h1-3,6,9,12,16H,4-5,7-8H2,(H,17,21). The average Bonchev–Trinajstić information content (AvgIpc) is 2.86. The second-order valence-corrected chi connectivity index (χ2v) is 5.03. The van der Waals surface area contributed by atoms with Crippen molar-refractivity contribution in [2.75, 3.05) is 19.6 Å². The molecule has 3 rings (SSSR count). The van der Waals surface area contributed by atoms with E-state index in [2.05, 4.69) is 20.9 Å². The number of hydrogen-bond acceptors (Lipinski definition) is 4. The molecule has 110 valence electrons. The van der Waals surface area contributed by atoms with E-state index in [-0.39, 0.29) is 17.8 Å². The fourth-order valence-corrected chi connectivity index (χ4v) is 2.12. The van der Waals surface area contributed by atoms with E-state index in [0.29, 0.717) is 18.7 Å².